The smallest absolute Gasteiger partial charge is 0.234 e. The molecule has 1 aliphatic heterocycles. The maximum absolute atomic E-state index is 14.0. The summed E-state index contributed by atoms with van der Waals surface area (Å²) in [6.45, 7) is 0. The Kier molecular flexibility index (Phi) is 5.72. The van der Waals surface area contributed by atoms with E-state index in [-0.39, 0.29) is 4.90 Å². The number of hydrogen-bond donors (Lipinski definition) is 0. The first-order valence-corrected chi connectivity index (χ1v) is 14.2. The molecule has 0 atom stereocenters. The number of fused-ring (bicyclic) bond motifs is 3. The Morgan fingerprint density at radius 1 is 0.475 bits per heavy atom. The third kappa shape index (κ3) is 4.04. The summed E-state index contributed by atoms with van der Waals surface area (Å²) in [6, 6.07) is 41.5. The van der Waals surface area contributed by atoms with Crippen molar-refractivity contribution in [3.05, 3.63) is 133 Å². The molecule has 1 aliphatic rings. The second-order valence-electron chi connectivity index (χ2n) is 9.37. The van der Waals surface area contributed by atoms with Gasteiger partial charge < -0.3 is 0 Å². The van der Waals surface area contributed by atoms with Crippen molar-refractivity contribution >= 4 is 21.4 Å². The van der Waals surface area contributed by atoms with Gasteiger partial charge in [0, 0.05) is 27.8 Å². The van der Waals surface area contributed by atoms with E-state index in [4.69, 9.17) is 15.0 Å². The van der Waals surface area contributed by atoms with Crippen molar-refractivity contribution in [2.24, 2.45) is 0 Å². The van der Waals surface area contributed by atoms with Crippen molar-refractivity contribution in [3.63, 3.8) is 0 Å². The molecule has 0 aliphatic carbocycles. The predicted molar refractivity (Wildman–Crippen MR) is 157 cm³/mol. The van der Waals surface area contributed by atoms with Crippen molar-refractivity contribution in [3.8, 4) is 45.3 Å². The Labute approximate surface area is 232 Å². The molecule has 40 heavy (non-hydrogen) atoms. The molecule has 192 valence electrons. The van der Waals surface area contributed by atoms with Crippen LogP contribution in [0.2, 0.25) is 0 Å². The third-order valence-corrected chi connectivity index (χ3v) is 8.66. The number of sulfonamides is 1. The fourth-order valence-corrected chi connectivity index (χ4v) is 6.69. The molecule has 6 nitrogen and oxygen atoms in total. The summed E-state index contributed by atoms with van der Waals surface area (Å²) >= 11 is 0. The maximum Gasteiger partial charge on any atom is 0.269 e. The van der Waals surface area contributed by atoms with Crippen LogP contribution in [0.4, 0.5) is 11.4 Å². The van der Waals surface area contributed by atoms with Gasteiger partial charge in [0.15, 0.2) is 17.5 Å². The molecule has 0 amide bonds. The minimum absolute atomic E-state index is 0.236. The lowest BCUT2D eigenvalue weighted by molar-refractivity contribution is 0.596. The highest BCUT2D eigenvalue weighted by Gasteiger charge is 2.36. The van der Waals surface area contributed by atoms with Gasteiger partial charge in [-0.05, 0) is 36.4 Å². The number of rotatable bonds is 4. The summed E-state index contributed by atoms with van der Waals surface area (Å²) in [6.07, 6.45) is 0. The van der Waals surface area contributed by atoms with Gasteiger partial charge in [0.25, 0.3) is 10.0 Å². The van der Waals surface area contributed by atoms with Crippen LogP contribution in [0, 0.1) is 0 Å². The lowest BCUT2D eigenvalue weighted by Crippen LogP contribution is -2.30. The van der Waals surface area contributed by atoms with Gasteiger partial charge in [-0.1, -0.05) is 97.1 Å². The summed E-state index contributed by atoms with van der Waals surface area (Å²) in [5, 5.41) is 0. The first-order chi connectivity index (χ1) is 19.6. The van der Waals surface area contributed by atoms with Gasteiger partial charge in [0.1, 0.15) is 0 Å². The van der Waals surface area contributed by atoms with Gasteiger partial charge in [-0.25, -0.2) is 27.7 Å². The van der Waals surface area contributed by atoms with E-state index in [2.05, 4.69) is 0 Å². The van der Waals surface area contributed by atoms with Crippen molar-refractivity contribution < 1.29 is 8.42 Å². The van der Waals surface area contributed by atoms with Crippen molar-refractivity contribution in [1.29, 1.82) is 0 Å². The van der Waals surface area contributed by atoms with E-state index in [1.165, 1.54) is 4.31 Å². The fourth-order valence-electron chi connectivity index (χ4n) is 4.99. The normalized spacial score (nSPS) is 13.3. The van der Waals surface area contributed by atoms with E-state index in [9.17, 15) is 8.42 Å². The largest absolute Gasteiger partial charge is 0.269 e. The highest BCUT2D eigenvalue weighted by Crippen LogP contribution is 2.47. The molecule has 0 saturated carbocycles. The molecule has 1 aromatic heterocycles. The highest BCUT2D eigenvalue weighted by atomic mass is 32.2. The van der Waals surface area contributed by atoms with Gasteiger partial charge in [-0.3, -0.25) is 0 Å². The number of benzene rings is 5. The van der Waals surface area contributed by atoms with E-state index >= 15 is 0 Å². The molecule has 0 unspecified atom stereocenters. The molecule has 0 N–H and O–H groups in total. The van der Waals surface area contributed by atoms with E-state index in [1.54, 1.807) is 24.3 Å². The van der Waals surface area contributed by atoms with E-state index in [1.807, 2.05) is 109 Å². The average Bonchev–Trinajstić information content (AvgIpc) is 3.02. The minimum Gasteiger partial charge on any atom is -0.234 e. The molecule has 0 radical (unpaired) electrons. The Morgan fingerprint density at radius 2 is 0.975 bits per heavy atom. The van der Waals surface area contributed by atoms with Gasteiger partial charge in [0.2, 0.25) is 0 Å². The second kappa shape index (κ2) is 9.55. The SMILES string of the molecule is O=S1(=O)c2ccc(-c3nc(-c4ccccc4)nc(-c4ccccc4)n3)cc2-c2ccccc2N1c1ccccc1. The Bertz CT molecular complexity index is 1910. The zero-order valence-corrected chi connectivity index (χ0v) is 22.0. The summed E-state index contributed by atoms with van der Waals surface area (Å²) in [5.41, 5.74) is 5.06. The van der Waals surface area contributed by atoms with Crippen LogP contribution in [0.25, 0.3) is 45.3 Å². The molecule has 0 fully saturated rings. The lowest BCUT2D eigenvalue weighted by Gasteiger charge is -2.32. The quantitative estimate of drug-likeness (QED) is 0.234. The van der Waals surface area contributed by atoms with E-state index < -0.39 is 10.0 Å². The number of hydrogen-bond acceptors (Lipinski definition) is 5. The second-order valence-corrected chi connectivity index (χ2v) is 11.1. The maximum atomic E-state index is 14.0. The summed E-state index contributed by atoms with van der Waals surface area (Å²) in [7, 11) is -3.87. The van der Waals surface area contributed by atoms with Crippen LogP contribution >= 0.6 is 0 Å². The monoisotopic (exact) mass is 538 g/mol. The zero-order valence-electron chi connectivity index (χ0n) is 21.2. The van der Waals surface area contributed by atoms with Gasteiger partial charge in [0.05, 0.1) is 16.3 Å². The molecule has 0 saturated heterocycles. The van der Waals surface area contributed by atoms with E-state index in [0.29, 0.717) is 40.0 Å². The number of anilines is 2. The lowest BCUT2D eigenvalue weighted by atomic mass is 10.00. The summed E-state index contributed by atoms with van der Waals surface area (Å²) in [4.78, 5) is 14.6. The van der Waals surface area contributed by atoms with Gasteiger partial charge >= 0.3 is 0 Å². The first-order valence-electron chi connectivity index (χ1n) is 12.8. The Morgan fingerprint density at radius 3 is 1.57 bits per heavy atom. The first kappa shape index (κ1) is 23.9. The molecule has 7 heteroatoms. The van der Waals surface area contributed by atoms with Crippen LogP contribution in [-0.4, -0.2) is 23.4 Å². The molecule has 6 aromatic rings. The molecule has 0 bridgehead atoms. The van der Waals surface area contributed by atoms with Crippen LogP contribution in [0.15, 0.2) is 138 Å². The average molecular weight is 539 g/mol. The fraction of sp³-hybridized carbons (Fsp3) is 0. The number of nitrogens with zero attached hydrogens (tertiary/aromatic N) is 4. The van der Waals surface area contributed by atoms with Gasteiger partial charge in [-0.2, -0.15) is 0 Å². The molecule has 7 rings (SSSR count). The van der Waals surface area contributed by atoms with Crippen LogP contribution in [0.3, 0.4) is 0 Å². The Hall–Kier alpha value is -5.14. The van der Waals surface area contributed by atoms with Crippen molar-refractivity contribution in [1.82, 2.24) is 15.0 Å². The number of aromatic nitrogens is 3. The summed E-state index contributed by atoms with van der Waals surface area (Å²) in [5.74, 6) is 1.56. The zero-order chi connectivity index (χ0) is 27.1. The van der Waals surface area contributed by atoms with Crippen LogP contribution in [0.1, 0.15) is 0 Å². The molecule has 5 aromatic carbocycles. The minimum atomic E-state index is -3.87. The van der Waals surface area contributed by atoms with Crippen molar-refractivity contribution in [2.75, 3.05) is 4.31 Å². The standard InChI is InChI=1S/C33H22N4O2S/c38-40(39)30-21-20-25(22-28(30)27-18-10-11-19-29(27)37(40)26-16-8-3-9-17-26)33-35-31(23-12-4-1-5-13-23)34-32(36-33)24-14-6-2-7-15-24/h1-22H. The number of para-hydroxylation sites is 2. The van der Waals surface area contributed by atoms with Crippen LogP contribution < -0.4 is 4.31 Å². The third-order valence-electron chi connectivity index (χ3n) is 6.86. The van der Waals surface area contributed by atoms with Crippen LogP contribution in [-0.2, 0) is 10.0 Å². The predicted octanol–water partition coefficient (Wildman–Crippen LogP) is 7.38. The topological polar surface area (TPSA) is 76.0 Å². The molecular weight excluding hydrogens is 516 g/mol. The van der Waals surface area contributed by atoms with Gasteiger partial charge in [-0.15, -0.1) is 0 Å². The molecular formula is C33H22N4O2S. The van der Waals surface area contributed by atoms with Crippen molar-refractivity contribution in [2.45, 2.75) is 4.90 Å². The highest BCUT2D eigenvalue weighted by molar-refractivity contribution is 7.93. The van der Waals surface area contributed by atoms with Crippen LogP contribution in [0.5, 0.6) is 0 Å². The van der Waals surface area contributed by atoms with E-state index in [0.717, 1.165) is 16.7 Å². The Balaban J connectivity index is 1.43. The summed E-state index contributed by atoms with van der Waals surface area (Å²) < 4.78 is 29.4. The molecule has 2 heterocycles. The molecule has 0 spiro atoms.